The fourth-order valence-corrected chi connectivity index (χ4v) is 10.8. The first kappa shape index (κ1) is 76.7. The average molecular weight is 1380 g/mol. The number of imide groups is 1. The molecule has 2 atom stereocenters. The second-order valence-electron chi connectivity index (χ2n) is 23.3. The van der Waals surface area contributed by atoms with Gasteiger partial charge in [-0.1, -0.05) is 35.9 Å². The lowest BCUT2D eigenvalue weighted by molar-refractivity contribution is -0.137. The summed E-state index contributed by atoms with van der Waals surface area (Å²) in [6, 6.07) is 12.3. The van der Waals surface area contributed by atoms with E-state index in [1.807, 2.05) is 18.2 Å². The van der Waals surface area contributed by atoms with Crippen molar-refractivity contribution < 1.29 is 99.9 Å². The van der Waals surface area contributed by atoms with Gasteiger partial charge in [-0.15, -0.1) is 0 Å². The van der Waals surface area contributed by atoms with E-state index in [4.69, 9.17) is 75.9 Å². The van der Waals surface area contributed by atoms with Gasteiger partial charge in [0.05, 0.1) is 200 Å². The molecule has 0 spiro atoms. The van der Waals surface area contributed by atoms with Crippen LogP contribution in [0.5, 0.6) is 23.0 Å². The van der Waals surface area contributed by atoms with Gasteiger partial charge in [-0.3, -0.25) is 38.9 Å². The van der Waals surface area contributed by atoms with Gasteiger partial charge in [0.15, 0.2) is 23.0 Å². The highest BCUT2D eigenvalue weighted by atomic mass is 16.6. The number of nitrogens with zero attached hydrogens (tertiary/aromatic N) is 6. The Morgan fingerprint density at radius 2 is 0.899 bits per heavy atom. The van der Waals surface area contributed by atoms with E-state index in [1.54, 1.807) is 52.7 Å². The van der Waals surface area contributed by atoms with Crippen LogP contribution in [0.3, 0.4) is 0 Å². The van der Waals surface area contributed by atoms with E-state index in [0.717, 1.165) is 28.7 Å². The number of fused-ring (bicyclic) bond motifs is 4. The normalized spacial score (nSPS) is 16.2. The molecule has 99 heavy (non-hydrogen) atoms. The van der Waals surface area contributed by atoms with Crippen molar-refractivity contribution in [3.63, 3.8) is 0 Å². The van der Waals surface area contributed by atoms with Crippen LogP contribution < -0.4 is 24.3 Å². The Balaban J connectivity index is 0.595. The molecule has 2 saturated heterocycles. The third kappa shape index (κ3) is 26.2. The zero-order chi connectivity index (χ0) is 69.7. The Kier molecular flexibility index (Phi) is 33.7. The predicted molar refractivity (Wildman–Crippen MR) is 364 cm³/mol. The van der Waals surface area contributed by atoms with Crippen LogP contribution in [0.25, 0.3) is 0 Å². The van der Waals surface area contributed by atoms with Gasteiger partial charge in [0, 0.05) is 69.3 Å². The van der Waals surface area contributed by atoms with Crippen molar-refractivity contribution in [1.82, 2.24) is 20.0 Å². The molecule has 0 radical (unpaired) electrons. The molecule has 5 heterocycles. The fraction of sp³-hybridized carbons (Fsp3) is 0.549. The van der Waals surface area contributed by atoms with Crippen molar-refractivity contribution in [2.75, 3.05) is 192 Å². The first-order chi connectivity index (χ1) is 48.5. The Labute approximate surface area is 578 Å². The van der Waals surface area contributed by atoms with Gasteiger partial charge < -0.3 is 91.0 Å². The molecule has 5 aliphatic rings. The van der Waals surface area contributed by atoms with E-state index in [0.29, 0.717) is 248 Å². The van der Waals surface area contributed by atoms with Gasteiger partial charge in [-0.05, 0) is 72.7 Å². The lowest BCUT2D eigenvalue weighted by atomic mass is 10.1. The molecule has 0 unspecified atom stereocenters. The maximum absolute atomic E-state index is 13.6. The maximum atomic E-state index is 13.6. The van der Waals surface area contributed by atoms with Gasteiger partial charge in [-0.25, -0.2) is 0 Å². The van der Waals surface area contributed by atoms with Crippen molar-refractivity contribution in [3.8, 4) is 23.0 Å². The number of hydrogen-bond donors (Lipinski definition) is 1. The van der Waals surface area contributed by atoms with Crippen molar-refractivity contribution in [3.05, 3.63) is 107 Å². The van der Waals surface area contributed by atoms with Crippen LogP contribution in [0.15, 0.2) is 94.1 Å². The summed E-state index contributed by atoms with van der Waals surface area (Å²) in [6.07, 6.45) is 11.5. The van der Waals surface area contributed by atoms with Crippen LogP contribution in [0.2, 0.25) is 0 Å². The molecular weight excluding hydrogens is 1290 g/mol. The number of oxime groups is 1. The quantitative estimate of drug-likeness (QED) is 0.0224. The van der Waals surface area contributed by atoms with E-state index < -0.39 is 0 Å². The van der Waals surface area contributed by atoms with Crippen molar-refractivity contribution in [2.45, 2.75) is 63.8 Å². The standard InChI is InChI=1S/C71H95N7O21/c1-52-36-57-46-73-61-43-65(63(84-3)41-59(61)70(82)77(57)48-52)97-50-55-38-54(39-56(40-55)51-98-66-44-62-60(42-64(66)85-4)71(83)78-49-53(2)37-58(78)47-74-62)45-75-99-35-34-96-33-32-95-31-30-94-29-28-93-27-26-92-25-24-91-23-22-90-21-20-89-19-18-88-17-16-87-15-14-86-13-11-72-67(79)8-6-5-7-12-76-68(80)9-10-69(76)81/h9-10,38-47,57-58H,1-2,5-8,11-37,48-51H2,3-4H3,(H,72,79)/t57-,58-/m0/s1. The molecule has 0 saturated carbocycles. The molecule has 8 rings (SSSR count). The minimum atomic E-state index is -0.280. The summed E-state index contributed by atoms with van der Waals surface area (Å²) in [7, 11) is 3.05. The van der Waals surface area contributed by atoms with E-state index >= 15 is 0 Å². The number of carbonyl (C=O) groups is 5. The van der Waals surface area contributed by atoms with Crippen molar-refractivity contribution in [1.29, 1.82) is 0 Å². The van der Waals surface area contributed by atoms with Gasteiger partial charge in [0.1, 0.15) is 19.8 Å². The van der Waals surface area contributed by atoms with E-state index in [1.165, 1.54) is 31.3 Å². The lowest BCUT2D eigenvalue weighted by Gasteiger charge is -2.20. The zero-order valence-electron chi connectivity index (χ0n) is 57.0. The monoisotopic (exact) mass is 1380 g/mol. The molecule has 3 aromatic rings. The number of unbranched alkanes of at least 4 members (excludes halogenated alkanes) is 2. The number of amides is 5. The number of benzene rings is 3. The molecule has 0 aliphatic carbocycles. The zero-order valence-corrected chi connectivity index (χ0v) is 57.0. The van der Waals surface area contributed by atoms with Crippen LogP contribution >= 0.6 is 0 Å². The summed E-state index contributed by atoms with van der Waals surface area (Å²) in [4.78, 5) is 82.0. The Morgan fingerprint density at radius 1 is 0.505 bits per heavy atom. The fourth-order valence-electron chi connectivity index (χ4n) is 10.8. The minimum absolute atomic E-state index is 0.0542. The first-order valence-corrected chi connectivity index (χ1v) is 33.6. The van der Waals surface area contributed by atoms with Crippen LogP contribution in [-0.4, -0.2) is 267 Å². The summed E-state index contributed by atoms with van der Waals surface area (Å²) < 4.78 is 85.4. The van der Waals surface area contributed by atoms with Crippen LogP contribution in [0, 0.1) is 0 Å². The molecule has 0 aromatic heterocycles. The van der Waals surface area contributed by atoms with Gasteiger partial charge in [-0.2, -0.15) is 0 Å². The number of rotatable bonds is 52. The van der Waals surface area contributed by atoms with Crippen molar-refractivity contribution >= 4 is 59.6 Å². The number of nitrogens with one attached hydrogen (secondary N) is 1. The average Bonchev–Trinajstić information content (AvgIpc) is 1.31. The highest BCUT2D eigenvalue weighted by Gasteiger charge is 2.36. The SMILES string of the molecule is C=C1C[C@H]2C=Nc3cc(OCc4cc(C=NOCCOCCOCCOCCOCCOCCOCCOCCOCCOCCOCCOCCNC(=O)CCCCCN5C(=O)C=CC5=O)cc(COc5cc6c(cc5OC)C(=O)N5CC(=C)C[C@H]5C=N6)c4)c(OC)cc3C(=O)N2C1. The lowest BCUT2D eigenvalue weighted by Crippen LogP contribution is -2.35. The van der Waals surface area contributed by atoms with Gasteiger partial charge >= 0.3 is 0 Å². The van der Waals surface area contributed by atoms with Crippen LogP contribution in [-0.2, 0) is 84.5 Å². The van der Waals surface area contributed by atoms with Crippen LogP contribution in [0.1, 0.15) is 75.9 Å². The molecule has 5 aliphatic heterocycles. The largest absolute Gasteiger partial charge is 0.493 e. The molecule has 3 aromatic carbocycles. The van der Waals surface area contributed by atoms with E-state index in [2.05, 4.69) is 33.6 Å². The highest BCUT2D eigenvalue weighted by Crippen LogP contribution is 2.41. The molecule has 28 nitrogen and oxygen atoms in total. The molecule has 5 amide bonds. The second-order valence-corrected chi connectivity index (χ2v) is 23.3. The summed E-state index contributed by atoms with van der Waals surface area (Å²) in [5, 5.41) is 7.04. The number of ether oxygens (including phenoxy) is 15. The molecule has 28 heteroatoms. The Morgan fingerprint density at radius 3 is 1.30 bits per heavy atom. The molecule has 0 bridgehead atoms. The second kappa shape index (κ2) is 43.5. The minimum Gasteiger partial charge on any atom is -0.493 e. The van der Waals surface area contributed by atoms with Gasteiger partial charge in [0.25, 0.3) is 23.6 Å². The maximum Gasteiger partial charge on any atom is 0.257 e. The molecule has 540 valence electrons. The van der Waals surface area contributed by atoms with E-state index in [9.17, 15) is 24.0 Å². The van der Waals surface area contributed by atoms with E-state index in [-0.39, 0.29) is 68.0 Å². The molecule has 1 N–H and O–H groups in total. The molecular formula is C71H95N7O21. The highest BCUT2D eigenvalue weighted by molar-refractivity contribution is 6.13. The Hall–Kier alpha value is -8.00. The molecule has 2 fully saturated rings. The van der Waals surface area contributed by atoms with Crippen molar-refractivity contribution in [2.24, 2.45) is 15.1 Å². The predicted octanol–water partition coefficient (Wildman–Crippen LogP) is 5.97. The first-order valence-electron chi connectivity index (χ1n) is 33.6. The number of carbonyl (C=O) groups excluding carboxylic acids is 5. The number of methoxy groups -OCH3 is 2. The topological polar surface area (TPSA) is 292 Å². The van der Waals surface area contributed by atoms with Gasteiger partial charge in [0.2, 0.25) is 5.91 Å². The summed E-state index contributed by atoms with van der Waals surface area (Å²) in [5.41, 5.74) is 6.04. The summed E-state index contributed by atoms with van der Waals surface area (Å²) >= 11 is 0. The van der Waals surface area contributed by atoms with Crippen LogP contribution in [0.4, 0.5) is 11.4 Å². The number of aliphatic imine (C=N–C) groups is 2. The third-order valence-electron chi connectivity index (χ3n) is 15.8. The summed E-state index contributed by atoms with van der Waals surface area (Å²) in [5.74, 6) is 0.707. The summed E-state index contributed by atoms with van der Waals surface area (Å²) in [6.45, 7) is 19.6. The smallest absolute Gasteiger partial charge is 0.257 e. The third-order valence-corrected chi connectivity index (χ3v) is 15.8. The Bertz CT molecular complexity index is 3080. The number of hydrogen-bond acceptors (Lipinski definition) is 24.